The van der Waals surface area contributed by atoms with Crippen molar-refractivity contribution >= 4 is 22.2 Å². The van der Waals surface area contributed by atoms with Crippen molar-refractivity contribution in [1.29, 1.82) is 5.26 Å². The average Bonchev–Trinajstić information content (AvgIpc) is 3.63. The minimum Gasteiger partial charge on any atom is -0.440 e. The molecule has 1 aromatic heterocycles. The Balaban J connectivity index is 1.37. The zero-order chi connectivity index (χ0) is 30.4. The molecule has 3 aromatic rings. The predicted molar refractivity (Wildman–Crippen MR) is 158 cm³/mol. The number of carbonyl (C=O) groups is 1. The highest BCUT2D eigenvalue weighted by molar-refractivity contribution is 8.24. The molecule has 6 rings (SSSR count). The van der Waals surface area contributed by atoms with Gasteiger partial charge in [0.1, 0.15) is 17.0 Å². The molecule has 2 aromatic carbocycles. The molecule has 1 saturated heterocycles. The van der Waals surface area contributed by atoms with E-state index in [9.17, 15) is 32.3 Å². The van der Waals surface area contributed by atoms with Gasteiger partial charge in [0.2, 0.25) is 11.8 Å². The monoisotopic (exact) mass is 614 g/mol. The van der Waals surface area contributed by atoms with Crippen LogP contribution in [0.5, 0.6) is 0 Å². The van der Waals surface area contributed by atoms with Crippen molar-refractivity contribution in [2.45, 2.75) is 56.2 Å². The van der Waals surface area contributed by atoms with Crippen LogP contribution in [-0.4, -0.2) is 50.1 Å². The number of nitrogens with zero attached hydrogens (tertiary/aromatic N) is 3. The van der Waals surface area contributed by atoms with Gasteiger partial charge in [-0.2, -0.15) is 29.0 Å². The predicted octanol–water partition coefficient (Wildman–Crippen LogP) is 7.04. The van der Waals surface area contributed by atoms with E-state index >= 15 is 0 Å². The van der Waals surface area contributed by atoms with E-state index in [0.717, 1.165) is 30.7 Å². The summed E-state index contributed by atoms with van der Waals surface area (Å²) in [4.78, 5) is 20.2. The molecule has 228 valence electrons. The molecule has 2 aliphatic carbocycles. The standard InChI is InChI=1S/C31H33F3N4O4S/c32-31(33,34)22-5-3-4-21(18-22)29-36-26(20-8-10-23(11-9-20)38-14-16-43(40,41)17-15-38)27(42-29)24-6-1-2-7-25(24)28(39)37-30(19-35)12-13-30/h3-5,8-11,18,24-25,40-41H,1-2,6-7,12-17H2,(H,37,39)/t24-,25-/m1/s1. The zero-order valence-electron chi connectivity index (χ0n) is 23.4. The second kappa shape index (κ2) is 11.2. The molecule has 1 aliphatic heterocycles. The number of oxazole rings is 1. The number of nitriles is 1. The summed E-state index contributed by atoms with van der Waals surface area (Å²) in [6.45, 7) is 1.03. The van der Waals surface area contributed by atoms with E-state index < -0.39 is 33.8 Å². The molecule has 0 spiro atoms. The molecule has 12 heteroatoms. The van der Waals surface area contributed by atoms with Crippen LogP contribution >= 0.6 is 10.6 Å². The van der Waals surface area contributed by atoms with Crippen molar-refractivity contribution in [2.75, 3.05) is 29.5 Å². The Morgan fingerprint density at radius 1 is 1.07 bits per heavy atom. The summed E-state index contributed by atoms with van der Waals surface area (Å²) >= 11 is 0. The van der Waals surface area contributed by atoms with Crippen LogP contribution in [0.1, 0.15) is 55.8 Å². The van der Waals surface area contributed by atoms with Gasteiger partial charge in [-0.15, -0.1) is 0 Å². The maximum Gasteiger partial charge on any atom is 0.416 e. The number of nitrogens with one attached hydrogen (secondary N) is 1. The molecule has 0 unspecified atom stereocenters. The van der Waals surface area contributed by atoms with Gasteiger partial charge in [-0.05, 0) is 56.0 Å². The first kappa shape index (κ1) is 29.5. The SMILES string of the molecule is N#CC1(NC(=O)[C@@H]2CCCC[C@H]2c2oc(-c3cccc(C(F)(F)F)c3)nc2-c2ccc(N3CCS(O)(O)CC3)cc2)CC1. The van der Waals surface area contributed by atoms with Gasteiger partial charge in [0.25, 0.3) is 0 Å². The Morgan fingerprint density at radius 2 is 1.77 bits per heavy atom. The van der Waals surface area contributed by atoms with Crippen LogP contribution in [-0.2, 0) is 11.0 Å². The quantitative estimate of drug-likeness (QED) is 0.272. The highest BCUT2D eigenvalue weighted by atomic mass is 32.3. The first-order valence-electron chi connectivity index (χ1n) is 14.5. The molecule has 0 radical (unpaired) electrons. The topological polar surface area (TPSA) is 123 Å². The van der Waals surface area contributed by atoms with Crippen LogP contribution in [0.25, 0.3) is 22.7 Å². The number of benzene rings is 2. The number of hydrogen-bond acceptors (Lipinski definition) is 7. The molecular weight excluding hydrogens is 581 g/mol. The maximum atomic E-state index is 13.5. The maximum absolute atomic E-state index is 13.5. The van der Waals surface area contributed by atoms with Gasteiger partial charge in [-0.3, -0.25) is 13.9 Å². The number of amides is 1. The smallest absolute Gasteiger partial charge is 0.416 e. The minimum atomic E-state index is -4.53. The van der Waals surface area contributed by atoms with Gasteiger partial charge in [-0.1, -0.05) is 31.0 Å². The van der Waals surface area contributed by atoms with Gasteiger partial charge >= 0.3 is 6.18 Å². The number of carbonyl (C=O) groups excluding carboxylic acids is 1. The lowest BCUT2D eigenvalue weighted by Crippen LogP contribution is -2.42. The highest BCUT2D eigenvalue weighted by Crippen LogP contribution is 2.46. The van der Waals surface area contributed by atoms with Crippen LogP contribution in [0.3, 0.4) is 0 Å². The van der Waals surface area contributed by atoms with Crippen LogP contribution in [0.4, 0.5) is 18.9 Å². The fourth-order valence-corrected chi connectivity index (χ4v) is 7.26. The lowest BCUT2D eigenvalue weighted by atomic mass is 9.76. The molecule has 3 N–H and O–H groups in total. The van der Waals surface area contributed by atoms with Crippen molar-refractivity contribution in [2.24, 2.45) is 5.92 Å². The van der Waals surface area contributed by atoms with Crippen LogP contribution in [0.15, 0.2) is 52.9 Å². The van der Waals surface area contributed by atoms with Gasteiger partial charge in [0.15, 0.2) is 0 Å². The van der Waals surface area contributed by atoms with Crippen molar-refractivity contribution in [1.82, 2.24) is 10.3 Å². The second-order valence-electron chi connectivity index (χ2n) is 11.7. The fourth-order valence-electron chi connectivity index (χ4n) is 6.03. The molecule has 2 atom stereocenters. The minimum absolute atomic E-state index is 0.0434. The number of alkyl halides is 3. The number of aromatic nitrogens is 1. The van der Waals surface area contributed by atoms with Crippen LogP contribution in [0.2, 0.25) is 0 Å². The first-order chi connectivity index (χ1) is 20.5. The Kier molecular flexibility index (Phi) is 7.69. The van der Waals surface area contributed by atoms with Crippen molar-refractivity contribution < 1.29 is 31.5 Å². The average molecular weight is 615 g/mol. The fraction of sp³-hybridized carbons (Fsp3) is 0.452. The summed E-state index contributed by atoms with van der Waals surface area (Å²) in [7, 11) is -2.54. The number of anilines is 1. The molecule has 1 amide bonds. The Bertz CT molecular complexity index is 1540. The third kappa shape index (κ3) is 6.25. The summed E-state index contributed by atoms with van der Waals surface area (Å²) in [6.07, 6.45) is -0.371. The third-order valence-corrected chi connectivity index (χ3v) is 10.4. The van der Waals surface area contributed by atoms with Crippen LogP contribution in [0, 0.1) is 17.2 Å². The number of hydrogen-bond donors (Lipinski definition) is 3. The first-order valence-corrected chi connectivity index (χ1v) is 16.4. The van der Waals surface area contributed by atoms with E-state index in [-0.39, 0.29) is 23.3 Å². The van der Waals surface area contributed by atoms with Gasteiger partial charge in [0.05, 0.1) is 23.1 Å². The van der Waals surface area contributed by atoms with Crippen LogP contribution < -0.4 is 10.2 Å². The van der Waals surface area contributed by atoms with Gasteiger partial charge < -0.3 is 14.6 Å². The van der Waals surface area contributed by atoms with Crippen molar-refractivity contribution in [3.63, 3.8) is 0 Å². The molecule has 3 aliphatic rings. The van der Waals surface area contributed by atoms with E-state index in [2.05, 4.69) is 16.3 Å². The molecule has 3 fully saturated rings. The number of rotatable bonds is 6. The highest BCUT2D eigenvalue weighted by Gasteiger charge is 2.47. The number of halogens is 3. The van der Waals surface area contributed by atoms with E-state index in [1.807, 2.05) is 24.3 Å². The van der Waals surface area contributed by atoms with E-state index in [0.29, 0.717) is 67.3 Å². The molecule has 2 saturated carbocycles. The summed E-state index contributed by atoms with van der Waals surface area (Å²) in [5, 5.41) is 12.5. The van der Waals surface area contributed by atoms with E-state index in [4.69, 9.17) is 9.40 Å². The van der Waals surface area contributed by atoms with Crippen molar-refractivity contribution in [3.05, 3.63) is 59.9 Å². The lowest BCUT2D eigenvalue weighted by Gasteiger charge is -2.41. The summed E-state index contributed by atoms with van der Waals surface area (Å²) in [6, 6.07) is 14.6. The Hall–Kier alpha value is -3.53. The zero-order valence-corrected chi connectivity index (χ0v) is 24.3. The summed E-state index contributed by atoms with van der Waals surface area (Å²) in [5.74, 6) is 0.0700. The van der Waals surface area contributed by atoms with Gasteiger partial charge in [-0.25, -0.2) is 4.98 Å². The summed E-state index contributed by atoms with van der Waals surface area (Å²) < 4.78 is 66.8. The molecule has 0 bridgehead atoms. The van der Waals surface area contributed by atoms with Gasteiger partial charge in [0, 0.05) is 41.7 Å². The second-order valence-corrected chi connectivity index (χ2v) is 14.2. The summed E-state index contributed by atoms with van der Waals surface area (Å²) in [5.41, 5.74) is 0.632. The molecule has 2 heterocycles. The molecular formula is C31H33F3N4O4S. The van der Waals surface area contributed by atoms with E-state index in [1.54, 1.807) is 0 Å². The Morgan fingerprint density at radius 3 is 2.42 bits per heavy atom. The third-order valence-electron chi connectivity index (χ3n) is 8.74. The largest absolute Gasteiger partial charge is 0.440 e. The van der Waals surface area contributed by atoms with Crippen molar-refractivity contribution in [3.8, 4) is 28.8 Å². The van der Waals surface area contributed by atoms with E-state index in [1.165, 1.54) is 12.1 Å². The Labute approximate surface area is 249 Å². The molecule has 43 heavy (non-hydrogen) atoms. The normalized spacial score (nSPS) is 23.7. The molecule has 8 nitrogen and oxygen atoms in total. The lowest BCUT2D eigenvalue weighted by molar-refractivity contribution is -0.137.